The highest BCUT2D eigenvalue weighted by Crippen LogP contribution is 2.26. The molecular formula is C20H20FN5O2. The SMILES string of the molecule is CC(Nc1cc(-c2ccc(Oc3ccc(F)cc3)cc2)nc(CN)n1)C(N)=O. The molecule has 1 heterocycles. The first kappa shape index (κ1) is 19.2. The predicted octanol–water partition coefficient (Wildman–Crippen LogP) is 2.82. The van der Waals surface area contributed by atoms with Crippen LogP contribution in [-0.4, -0.2) is 21.9 Å². The molecule has 0 radical (unpaired) electrons. The summed E-state index contributed by atoms with van der Waals surface area (Å²) in [5, 5.41) is 2.94. The van der Waals surface area contributed by atoms with Crippen molar-refractivity contribution in [2.75, 3.05) is 5.32 Å². The molecule has 1 atom stereocenters. The molecule has 8 heteroatoms. The monoisotopic (exact) mass is 381 g/mol. The third kappa shape index (κ3) is 4.80. The van der Waals surface area contributed by atoms with Crippen LogP contribution < -0.4 is 21.5 Å². The van der Waals surface area contributed by atoms with Gasteiger partial charge in [0.2, 0.25) is 5.91 Å². The lowest BCUT2D eigenvalue weighted by molar-refractivity contribution is -0.118. The Balaban J connectivity index is 1.82. The van der Waals surface area contributed by atoms with Crippen LogP contribution in [0.4, 0.5) is 10.2 Å². The van der Waals surface area contributed by atoms with Crippen LogP contribution in [0.5, 0.6) is 11.5 Å². The molecule has 1 unspecified atom stereocenters. The molecule has 144 valence electrons. The molecule has 2 aromatic carbocycles. The number of benzene rings is 2. The zero-order valence-corrected chi connectivity index (χ0v) is 15.2. The minimum absolute atomic E-state index is 0.152. The largest absolute Gasteiger partial charge is 0.457 e. The van der Waals surface area contributed by atoms with Crippen LogP contribution in [0.3, 0.4) is 0 Å². The number of amides is 1. The fourth-order valence-electron chi connectivity index (χ4n) is 2.44. The number of hydrogen-bond donors (Lipinski definition) is 3. The number of halogens is 1. The Labute approximate surface area is 161 Å². The molecule has 3 aromatic rings. The Kier molecular flexibility index (Phi) is 5.81. The number of carbonyl (C=O) groups excluding carboxylic acids is 1. The van der Waals surface area contributed by atoms with Gasteiger partial charge in [-0.25, -0.2) is 14.4 Å². The Hall–Kier alpha value is -3.52. The summed E-state index contributed by atoms with van der Waals surface area (Å²) in [6, 6.07) is 14.1. The van der Waals surface area contributed by atoms with Crippen molar-refractivity contribution in [2.45, 2.75) is 19.5 Å². The van der Waals surface area contributed by atoms with E-state index in [1.165, 1.54) is 12.1 Å². The molecule has 0 aliphatic rings. The van der Waals surface area contributed by atoms with Crippen LogP contribution in [-0.2, 0) is 11.3 Å². The van der Waals surface area contributed by atoms with Crippen molar-refractivity contribution < 1.29 is 13.9 Å². The van der Waals surface area contributed by atoms with Crippen LogP contribution in [0.25, 0.3) is 11.3 Å². The maximum atomic E-state index is 13.0. The van der Waals surface area contributed by atoms with Gasteiger partial charge >= 0.3 is 0 Å². The predicted molar refractivity (Wildman–Crippen MR) is 104 cm³/mol. The molecule has 1 amide bonds. The van der Waals surface area contributed by atoms with Gasteiger partial charge in [0.1, 0.15) is 35.0 Å². The van der Waals surface area contributed by atoms with Gasteiger partial charge in [0.15, 0.2) is 0 Å². The van der Waals surface area contributed by atoms with Crippen molar-refractivity contribution in [1.82, 2.24) is 9.97 Å². The van der Waals surface area contributed by atoms with Crippen LogP contribution in [0.1, 0.15) is 12.7 Å². The molecule has 0 aliphatic heterocycles. The standard InChI is InChI=1S/C20H20FN5O2/c1-12(20(23)27)24-18-10-17(25-19(11-22)26-18)13-2-6-15(7-3-13)28-16-8-4-14(21)5-9-16/h2-10,12H,11,22H2,1H3,(H2,23,27)(H,24,25,26). The third-order valence-electron chi connectivity index (χ3n) is 3.95. The number of primary amides is 1. The highest BCUT2D eigenvalue weighted by molar-refractivity contribution is 5.82. The van der Waals surface area contributed by atoms with E-state index in [4.69, 9.17) is 16.2 Å². The minimum Gasteiger partial charge on any atom is -0.457 e. The topological polar surface area (TPSA) is 116 Å². The molecule has 28 heavy (non-hydrogen) atoms. The van der Waals surface area contributed by atoms with Gasteiger partial charge in [-0.05, 0) is 55.5 Å². The highest BCUT2D eigenvalue weighted by atomic mass is 19.1. The van der Waals surface area contributed by atoms with Crippen molar-refractivity contribution in [3.8, 4) is 22.8 Å². The molecule has 0 fully saturated rings. The fourth-order valence-corrected chi connectivity index (χ4v) is 2.44. The van der Waals surface area contributed by atoms with Crippen LogP contribution in [0.2, 0.25) is 0 Å². The average Bonchev–Trinajstić information content (AvgIpc) is 2.70. The highest BCUT2D eigenvalue weighted by Gasteiger charge is 2.12. The Morgan fingerprint density at radius 3 is 2.29 bits per heavy atom. The van der Waals surface area contributed by atoms with Crippen LogP contribution in [0.15, 0.2) is 54.6 Å². The Bertz CT molecular complexity index is 961. The smallest absolute Gasteiger partial charge is 0.239 e. The van der Waals surface area contributed by atoms with Gasteiger partial charge in [-0.1, -0.05) is 0 Å². The number of nitrogens with one attached hydrogen (secondary N) is 1. The van der Waals surface area contributed by atoms with E-state index in [1.54, 1.807) is 37.3 Å². The second-order valence-electron chi connectivity index (χ2n) is 6.11. The summed E-state index contributed by atoms with van der Waals surface area (Å²) in [7, 11) is 0. The van der Waals surface area contributed by atoms with Gasteiger partial charge < -0.3 is 21.5 Å². The first-order valence-corrected chi connectivity index (χ1v) is 8.62. The normalized spacial score (nSPS) is 11.7. The molecule has 0 saturated heterocycles. The van der Waals surface area contributed by atoms with E-state index in [0.717, 1.165) is 5.56 Å². The summed E-state index contributed by atoms with van der Waals surface area (Å²) < 4.78 is 18.7. The van der Waals surface area contributed by atoms with E-state index in [2.05, 4.69) is 15.3 Å². The van der Waals surface area contributed by atoms with Crippen molar-refractivity contribution in [1.29, 1.82) is 0 Å². The molecule has 5 N–H and O–H groups in total. The van der Waals surface area contributed by atoms with E-state index >= 15 is 0 Å². The Morgan fingerprint density at radius 1 is 1.11 bits per heavy atom. The lowest BCUT2D eigenvalue weighted by atomic mass is 10.1. The number of hydrogen-bond acceptors (Lipinski definition) is 6. The maximum Gasteiger partial charge on any atom is 0.239 e. The number of nitrogens with zero attached hydrogens (tertiary/aromatic N) is 2. The summed E-state index contributed by atoms with van der Waals surface area (Å²) in [4.78, 5) is 20.0. The summed E-state index contributed by atoms with van der Waals surface area (Å²) in [5.41, 5.74) is 12.4. The van der Waals surface area contributed by atoms with Gasteiger partial charge in [0.25, 0.3) is 0 Å². The zero-order chi connectivity index (χ0) is 20.1. The number of carbonyl (C=O) groups is 1. The average molecular weight is 381 g/mol. The van der Waals surface area contributed by atoms with Crippen molar-refractivity contribution >= 4 is 11.7 Å². The maximum absolute atomic E-state index is 13.0. The second-order valence-corrected chi connectivity index (χ2v) is 6.11. The summed E-state index contributed by atoms with van der Waals surface area (Å²) >= 11 is 0. The molecular weight excluding hydrogens is 361 g/mol. The quantitative estimate of drug-likeness (QED) is 0.579. The molecule has 7 nitrogen and oxygen atoms in total. The number of aromatic nitrogens is 2. The van der Waals surface area contributed by atoms with Crippen molar-refractivity contribution in [3.05, 3.63) is 66.2 Å². The van der Waals surface area contributed by atoms with Gasteiger partial charge in [-0.3, -0.25) is 4.79 Å². The first-order chi connectivity index (χ1) is 13.4. The molecule has 0 spiro atoms. The lowest BCUT2D eigenvalue weighted by Gasteiger charge is -2.13. The lowest BCUT2D eigenvalue weighted by Crippen LogP contribution is -2.32. The van der Waals surface area contributed by atoms with Crippen molar-refractivity contribution in [3.63, 3.8) is 0 Å². The van der Waals surface area contributed by atoms with E-state index in [-0.39, 0.29) is 12.4 Å². The Morgan fingerprint density at radius 2 is 1.71 bits per heavy atom. The van der Waals surface area contributed by atoms with Crippen molar-refractivity contribution in [2.24, 2.45) is 11.5 Å². The van der Waals surface area contributed by atoms with Gasteiger partial charge in [0, 0.05) is 11.6 Å². The van der Waals surface area contributed by atoms with Crippen LogP contribution >= 0.6 is 0 Å². The van der Waals surface area contributed by atoms with E-state index in [0.29, 0.717) is 28.8 Å². The zero-order valence-electron chi connectivity index (χ0n) is 15.2. The minimum atomic E-state index is -0.583. The summed E-state index contributed by atoms with van der Waals surface area (Å²) in [6.07, 6.45) is 0. The fraction of sp³-hybridized carbons (Fsp3) is 0.150. The molecule has 1 aromatic heterocycles. The van der Waals surface area contributed by atoms with Gasteiger partial charge in [-0.2, -0.15) is 0 Å². The third-order valence-corrected chi connectivity index (χ3v) is 3.95. The van der Waals surface area contributed by atoms with Gasteiger partial charge in [0.05, 0.1) is 12.2 Å². The number of ether oxygens (including phenoxy) is 1. The van der Waals surface area contributed by atoms with E-state index in [9.17, 15) is 9.18 Å². The van der Waals surface area contributed by atoms with Gasteiger partial charge in [-0.15, -0.1) is 0 Å². The number of rotatable bonds is 7. The molecule has 0 saturated carbocycles. The first-order valence-electron chi connectivity index (χ1n) is 8.62. The number of nitrogens with two attached hydrogens (primary N) is 2. The second kappa shape index (κ2) is 8.45. The summed E-state index contributed by atoms with van der Waals surface area (Å²) in [5.74, 6) is 1.22. The molecule has 3 rings (SSSR count). The van der Waals surface area contributed by atoms with E-state index in [1.807, 2.05) is 12.1 Å². The number of anilines is 1. The molecule has 0 aliphatic carbocycles. The van der Waals surface area contributed by atoms with E-state index < -0.39 is 11.9 Å². The summed E-state index contributed by atoms with van der Waals surface area (Å²) in [6.45, 7) is 1.80. The molecule has 0 bridgehead atoms. The van der Waals surface area contributed by atoms with Crippen LogP contribution in [0, 0.1) is 5.82 Å².